The van der Waals surface area contributed by atoms with E-state index in [2.05, 4.69) is 40.7 Å². The van der Waals surface area contributed by atoms with Gasteiger partial charge in [0.15, 0.2) is 22.9 Å². The number of thiazole rings is 1. The van der Waals surface area contributed by atoms with E-state index in [4.69, 9.17) is 24.6 Å². The van der Waals surface area contributed by atoms with Crippen LogP contribution in [0.4, 0.5) is 9.93 Å². The number of aliphatic imine (C=N–C) groups is 1. The molecule has 3 amide bonds. The summed E-state index contributed by atoms with van der Waals surface area (Å²) in [6.45, 7) is 10.5. The minimum absolute atomic E-state index is 0.0211. The van der Waals surface area contributed by atoms with E-state index < -0.39 is 68.9 Å². The summed E-state index contributed by atoms with van der Waals surface area (Å²) in [5, 5.41) is 27.2. The normalized spacial score (nSPS) is 21.8. The number of aliphatic carboxylic acids is 1. The van der Waals surface area contributed by atoms with E-state index >= 15 is 0 Å². The summed E-state index contributed by atoms with van der Waals surface area (Å²) >= 11 is 0.878. The average Bonchev–Trinajstić information content (AvgIpc) is 3.76. The first kappa shape index (κ1) is 41.1. The van der Waals surface area contributed by atoms with Gasteiger partial charge in [-0.05, 0) is 77.6 Å². The van der Waals surface area contributed by atoms with Gasteiger partial charge in [0, 0.05) is 25.0 Å². The van der Waals surface area contributed by atoms with Crippen LogP contribution in [0.25, 0.3) is 0 Å². The van der Waals surface area contributed by atoms with Gasteiger partial charge in [-0.3, -0.25) is 19.5 Å². The molecule has 0 bridgehead atoms. The summed E-state index contributed by atoms with van der Waals surface area (Å²) < 4.78 is 47.4. The van der Waals surface area contributed by atoms with Gasteiger partial charge < -0.3 is 41.1 Å². The van der Waals surface area contributed by atoms with Gasteiger partial charge in [-0.15, -0.1) is 15.6 Å². The number of ether oxygens (including phenoxy) is 2. The second-order valence-electron chi connectivity index (χ2n) is 14.4. The lowest BCUT2D eigenvalue weighted by Crippen LogP contribution is -2.76. The van der Waals surface area contributed by atoms with Gasteiger partial charge in [-0.2, -0.15) is 13.5 Å². The summed E-state index contributed by atoms with van der Waals surface area (Å²) in [5.41, 5.74) is 2.02. The van der Waals surface area contributed by atoms with Crippen molar-refractivity contribution >= 4 is 62.4 Å². The van der Waals surface area contributed by atoms with Crippen LogP contribution in [-0.4, -0.2) is 112 Å². The lowest BCUT2D eigenvalue weighted by molar-refractivity contribution is -0.218. The summed E-state index contributed by atoms with van der Waals surface area (Å²) in [5.74, 6) is -2.52. The van der Waals surface area contributed by atoms with Crippen LogP contribution in [0.15, 0.2) is 33.7 Å². The fourth-order valence-electron chi connectivity index (χ4n) is 5.77. The summed E-state index contributed by atoms with van der Waals surface area (Å²) in [6, 6.07) is 3.95. The van der Waals surface area contributed by atoms with Crippen molar-refractivity contribution in [2.45, 2.75) is 89.3 Å². The summed E-state index contributed by atoms with van der Waals surface area (Å²) in [7, 11) is -5.08. The van der Waals surface area contributed by atoms with Crippen LogP contribution in [0, 0.1) is 0 Å². The molecule has 1 aromatic heterocycles. The Bertz CT molecular complexity index is 2010. The van der Waals surface area contributed by atoms with E-state index in [-0.39, 0.29) is 23.3 Å². The molecular formula is C32H43N9O12S2. The molecule has 3 aliphatic rings. The van der Waals surface area contributed by atoms with Crippen LogP contribution in [0.1, 0.15) is 70.8 Å². The number of aromatic nitrogens is 1. The van der Waals surface area contributed by atoms with Crippen LogP contribution < -0.4 is 31.7 Å². The molecule has 21 nitrogen and oxygen atoms in total. The first-order valence-corrected chi connectivity index (χ1v) is 19.2. The van der Waals surface area contributed by atoms with E-state index in [0.29, 0.717) is 42.8 Å². The van der Waals surface area contributed by atoms with Crippen LogP contribution in [0.2, 0.25) is 0 Å². The zero-order valence-electron chi connectivity index (χ0n) is 30.7. The van der Waals surface area contributed by atoms with E-state index in [0.717, 1.165) is 22.5 Å². The number of benzene rings is 1. The van der Waals surface area contributed by atoms with Gasteiger partial charge in [0.1, 0.15) is 23.1 Å². The van der Waals surface area contributed by atoms with Gasteiger partial charge in [0.25, 0.3) is 17.4 Å². The number of carbonyl (C=O) groups is 4. The smallest absolute Gasteiger partial charge is 0.418 e. The predicted molar refractivity (Wildman–Crippen MR) is 196 cm³/mol. The number of nitrogens with zero attached hydrogens (tertiary/aromatic N) is 4. The maximum absolute atomic E-state index is 13.8. The highest BCUT2D eigenvalue weighted by atomic mass is 32.3. The molecule has 1 saturated heterocycles. The highest BCUT2D eigenvalue weighted by Crippen LogP contribution is 2.37. The van der Waals surface area contributed by atoms with Crippen LogP contribution >= 0.6 is 11.3 Å². The molecule has 4 heterocycles. The zero-order valence-corrected chi connectivity index (χ0v) is 32.4. The molecule has 0 saturated carbocycles. The maximum Gasteiger partial charge on any atom is 0.418 e. The van der Waals surface area contributed by atoms with Gasteiger partial charge in [0.2, 0.25) is 0 Å². The molecule has 1 aromatic carbocycles. The molecule has 8 N–H and O–H groups in total. The molecule has 2 aromatic rings. The second kappa shape index (κ2) is 15.6. The van der Waals surface area contributed by atoms with E-state index in [1.807, 2.05) is 12.1 Å². The average molecular weight is 810 g/mol. The molecule has 1 unspecified atom stereocenters. The number of rotatable bonds is 13. The Labute approximate surface area is 319 Å². The Morgan fingerprint density at radius 3 is 2.60 bits per heavy atom. The molecule has 23 heteroatoms. The van der Waals surface area contributed by atoms with Crippen molar-refractivity contribution in [3.05, 3.63) is 40.4 Å². The number of nitrogens with one attached hydrogen (secondary N) is 4. The van der Waals surface area contributed by atoms with Crippen LogP contribution in [0.3, 0.4) is 0 Å². The Balaban J connectivity index is 1.39. The number of β-lactam (4-membered cyclic amide) rings is 1. The quantitative estimate of drug-likeness (QED) is 0.0638. The maximum atomic E-state index is 13.8. The third-order valence-electron chi connectivity index (χ3n) is 8.66. The first-order valence-electron chi connectivity index (χ1n) is 16.9. The van der Waals surface area contributed by atoms with Crippen molar-refractivity contribution in [3.63, 3.8) is 0 Å². The molecule has 0 spiro atoms. The van der Waals surface area contributed by atoms with E-state index in [1.54, 1.807) is 26.8 Å². The number of carboxylic acid groups (broad SMARTS) is 1. The molecule has 1 fully saturated rings. The first-order chi connectivity index (χ1) is 25.6. The monoisotopic (exact) mass is 809 g/mol. The number of amides is 3. The molecule has 55 heavy (non-hydrogen) atoms. The largest absolute Gasteiger partial charge is 0.485 e. The fraction of sp³-hybridized carbons (Fsp3) is 0.531. The summed E-state index contributed by atoms with van der Waals surface area (Å²) in [6.07, 6.45) is -1.36. The van der Waals surface area contributed by atoms with Gasteiger partial charge in [0.05, 0.1) is 11.6 Å². The molecule has 0 radical (unpaired) electrons. The standard InChI is InChI=1S/C32H43N9O12S2/c1-30(2,3)51-29(46)39-28-37-19(15-54-28)22(24(42)38-23-25(43)41(31(23,4)5)53-55(47,48)49)40-52-32(6,26(44)45)21-10-8-17-13-16(7-9-20(17)50-21)18-14-35-27(36-18)34-12-11-33/h7,9,13,15,18,21,23H,8,10-12,14,33H2,1-6H3,(H,38,42)(H,44,45)(H2,34,35,36)(H,37,39,46)(H,47,48,49)/b40-22-/t18?,21-,23-,32+/m1/s1. The van der Waals surface area contributed by atoms with Crippen molar-refractivity contribution in [2.75, 3.05) is 25.0 Å². The van der Waals surface area contributed by atoms with E-state index in [9.17, 15) is 32.7 Å². The fourth-order valence-corrected chi connectivity index (χ4v) is 6.90. The van der Waals surface area contributed by atoms with Crippen LogP contribution in [-0.2, 0) is 45.1 Å². The number of carbonyl (C=O) groups excluding carboxylic acids is 3. The number of carboxylic acids is 1. The second-order valence-corrected chi connectivity index (χ2v) is 16.3. The van der Waals surface area contributed by atoms with Crippen molar-refractivity contribution in [3.8, 4) is 5.75 Å². The molecular weight excluding hydrogens is 767 g/mol. The summed E-state index contributed by atoms with van der Waals surface area (Å²) in [4.78, 5) is 66.3. The minimum Gasteiger partial charge on any atom is -0.485 e. The third-order valence-corrected chi connectivity index (χ3v) is 9.75. The number of aryl methyl sites for hydroxylation is 1. The molecule has 3 aliphatic heterocycles. The van der Waals surface area contributed by atoms with Crippen molar-refractivity contribution < 1.29 is 55.9 Å². The number of hydroxylamine groups is 2. The molecule has 300 valence electrons. The molecule has 4 atom stereocenters. The van der Waals surface area contributed by atoms with Gasteiger partial charge in [-0.1, -0.05) is 11.2 Å². The van der Waals surface area contributed by atoms with Crippen molar-refractivity contribution in [1.82, 2.24) is 26.0 Å². The Hall–Kier alpha value is -5.10. The number of hydrogen-bond acceptors (Lipinski definition) is 17. The minimum atomic E-state index is -5.08. The number of nitrogens with two attached hydrogens (primary N) is 1. The lowest BCUT2D eigenvalue weighted by Gasteiger charge is -2.50. The van der Waals surface area contributed by atoms with Crippen molar-refractivity contribution in [2.24, 2.45) is 15.9 Å². The third kappa shape index (κ3) is 9.41. The number of oxime groups is 1. The predicted octanol–water partition coefficient (Wildman–Crippen LogP) is 0.837. The highest BCUT2D eigenvalue weighted by Gasteiger charge is 2.58. The topological polar surface area (TPSA) is 295 Å². The number of anilines is 1. The molecule has 0 aliphatic carbocycles. The highest BCUT2D eigenvalue weighted by molar-refractivity contribution is 7.80. The zero-order chi connectivity index (χ0) is 40.5. The van der Waals surface area contributed by atoms with Gasteiger partial charge in [-0.25, -0.2) is 19.6 Å². The number of fused-ring (bicyclic) bond motifs is 1. The number of hydrogen-bond donors (Lipinski definition) is 7. The van der Waals surface area contributed by atoms with E-state index in [1.165, 1.54) is 26.2 Å². The van der Waals surface area contributed by atoms with Gasteiger partial charge >= 0.3 is 22.5 Å². The SMILES string of the molecule is CC(C)(C)OC(=O)Nc1nc(/C(=N/O[C@](C)(C(=O)O)[C@H]2CCc3cc(C4CNC(NCCN)=N4)ccc3O2)C(=O)N[C@@H]2C(=O)N(OS(=O)(=O)O)C2(C)C)cs1. The van der Waals surface area contributed by atoms with Crippen LogP contribution in [0.5, 0.6) is 5.75 Å². The lowest BCUT2D eigenvalue weighted by atomic mass is 9.84. The Kier molecular flexibility index (Phi) is 11.6. The Morgan fingerprint density at radius 1 is 1.24 bits per heavy atom. The number of guanidine groups is 1. The Morgan fingerprint density at radius 2 is 1.96 bits per heavy atom. The van der Waals surface area contributed by atoms with Crippen molar-refractivity contribution in [1.29, 1.82) is 0 Å². The molecule has 5 rings (SSSR count).